The van der Waals surface area contributed by atoms with Crippen molar-refractivity contribution >= 4 is 29.1 Å². The molecular weight excluding hydrogens is 271 g/mol. The highest BCUT2D eigenvalue weighted by Gasteiger charge is 2.07. The largest absolute Gasteiger partial charge is 0.351 e. The second kappa shape index (κ2) is 7.62. The fourth-order valence-electron chi connectivity index (χ4n) is 1.65. The van der Waals surface area contributed by atoms with E-state index in [4.69, 9.17) is 23.2 Å². The van der Waals surface area contributed by atoms with Gasteiger partial charge in [0.1, 0.15) is 0 Å². The number of nitrogens with one attached hydrogen (secondary N) is 1. The van der Waals surface area contributed by atoms with E-state index < -0.39 is 0 Å². The summed E-state index contributed by atoms with van der Waals surface area (Å²) in [5.74, 6) is -0.147. The molecule has 0 heterocycles. The molecule has 0 aromatic heterocycles. The maximum absolute atomic E-state index is 11.9. The van der Waals surface area contributed by atoms with Gasteiger partial charge < -0.3 is 10.2 Å². The summed E-state index contributed by atoms with van der Waals surface area (Å²) < 4.78 is 0. The van der Waals surface area contributed by atoms with Gasteiger partial charge in [-0.2, -0.15) is 0 Å². The molecular formula is C13H18Cl2N2O. The molecule has 5 heteroatoms. The van der Waals surface area contributed by atoms with Gasteiger partial charge in [0, 0.05) is 28.7 Å². The first-order valence-electron chi connectivity index (χ1n) is 6.03. The van der Waals surface area contributed by atoms with Crippen LogP contribution in [0.1, 0.15) is 24.2 Å². The first-order valence-corrected chi connectivity index (χ1v) is 6.79. The normalized spacial score (nSPS) is 10.7. The van der Waals surface area contributed by atoms with Crippen molar-refractivity contribution in [2.45, 2.75) is 13.8 Å². The van der Waals surface area contributed by atoms with Gasteiger partial charge in [-0.05, 0) is 31.3 Å². The Morgan fingerprint density at radius 2 is 1.72 bits per heavy atom. The Morgan fingerprint density at radius 3 is 2.22 bits per heavy atom. The molecule has 1 rings (SSSR count). The van der Waals surface area contributed by atoms with Gasteiger partial charge in [0.25, 0.3) is 5.91 Å². The van der Waals surface area contributed by atoms with Crippen LogP contribution in [0.15, 0.2) is 18.2 Å². The zero-order chi connectivity index (χ0) is 13.5. The lowest BCUT2D eigenvalue weighted by Gasteiger charge is -2.18. The van der Waals surface area contributed by atoms with Crippen LogP contribution in [0.4, 0.5) is 0 Å². The number of likely N-dealkylation sites (N-methyl/N-ethyl adjacent to an activating group) is 1. The highest BCUT2D eigenvalue weighted by molar-refractivity contribution is 6.35. The monoisotopic (exact) mass is 288 g/mol. The number of nitrogens with zero attached hydrogens (tertiary/aromatic N) is 1. The van der Waals surface area contributed by atoms with Crippen LogP contribution in [0.25, 0.3) is 0 Å². The Kier molecular flexibility index (Phi) is 6.47. The lowest BCUT2D eigenvalue weighted by atomic mass is 10.2. The van der Waals surface area contributed by atoms with E-state index in [1.165, 1.54) is 0 Å². The average Bonchev–Trinajstić information content (AvgIpc) is 2.33. The lowest BCUT2D eigenvalue weighted by Crippen LogP contribution is -2.34. The number of hydrogen-bond acceptors (Lipinski definition) is 2. The predicted molar refractivity (Wildman–Crippen MR) is 76.6 cm³/mol. The van der Waals surface area contributed by atoms with Gasteiger partial charge in [-0.1, -0.05) is 37.0 Å². The van der Waals surface area contributed by atoms with Crippen LogP contribution in [0.5, 0.6) is 0 Å². The fraction of sp³-hybridized carbons (Fsp3) is 0.462. The minimum Gasteiger partial charge on any atom is -0.351 e. The molecule has 0 aliphatic carbocycles. The molecule has 0 saturated heterocycles. The van der Waals surface area contributed by atoms with Gasteiger partial charge in [0.05, 0.1) is 0 Å². The minimum absolute atomic E-state index is 0.147. The number of amides is 1. The van der Waals surface area contributed by atoms with Crippen molar-refractivity contribution in [1.29, 1.82) is 0 Å². The van der Waals surface area contributed by atoms with Crippen molar-refractivity contribution in [1.82, 2.24) is 10.2 Å². The molecule has 1 N–H and O–H groups in total. The summed E-state index contributed by atoms with van der Waals surface area (Å²) in [5.41, 5.74) is 0.493. The molecule has 18 heavy (non-hydrogen) atoms. The summed E-state index contributed by atoms with van der Waals surface area (Å²) in [4.78, 5) is 14.1. The smallest absolute Gasteiger partial charge is 0.251 e. The van der Waals surface area contributed by atoms with Crippen LogP contribution < -0.4 is 5.32 Å². The second-order valence-electron chi connectivity index (χ2n) is 3.94. The highest BCUT2D eigenvalue weighted by Crippen LogP contribution is 2.18. The van der Waals surface area contributed by atoms with Crippen molar-refractivity contribution < 1.29 is 4.79 Å². The number of carbonyl (C=O) groups excluding carboxylic acids is 1. The molecule has 1 aromatic carbocycles. The molecule has 3 nitrogen and oxygen atoms in total. The van der Waals surface area contributed by atoms with Crippen molar-refractivity contribution in [2.24, 2.45) is 0 Å². The Hall–Kier alpha value is -0.770. The van der Waals surface area contributed by atoms with E-state index in [9.17, 15) is 4.79 Å². The number of rotatable bonds is 6. The Labute approximate surface area is 118 Å². The molecule has 0 aliphatic rings. The summed E-state index contributed by atoms with van der Waals surface area (Å²) >= 11 is 11.7. The Morgan fingerprint density at radius 1 is 1.17 bits per heavy atom. The van der Waals surface area contributed by atoms with Crippen LogP contribution in [0.3, 0.4) is 0 Å². The average molecular weight is 289 g/mol. The standard InChI is InChI=1S/C13H18Cl2N2O/c1-3-17(4-2)6-5-16-13(18)10-7-11(14)9-12(15)8-10/h7-9H,3-6H2,1-2H3,(H,16,18). The molecule has 0 fully saturated rings. The fourth-order valence-corrected chi connectivity index (χ4v) is 2.18. The van der Waals surface area contributed by atoms with Gasteiger partial charge in [-0.25, -0.2) is 0 Å². The topological polar surface area (TPSA) is 32.3 Å². The molecule has 0 bridgehead atoms. The lowest BCUT2D eigenvalue weighted by molar-refractivity contribution is 0.0949. The van der Waals surface area contributed by atoms with Gasteiger partial charge in [0.15, 0.2) is 0 Å². The zero-order valence-electron chi connectivity index (χ0n) is 10.7. The van der Waals surface area contributed by atoms with Crippen molar-refractivity contribution in [3.63, 3.8) is 0 Å². The van der Waals surface area contributed by atoms with Crippen LogP contribution in [0, 0.1) is 0 Å². The zero-order valence-corrected chi connectivity index (χ0v) is 12.2. The van der Waals surface area contributed by atoms with Gasteiger partial charge in [-0.15, -0.1) is 0 Å². The van der Waals surface area contributed by atoms with E-state index >= 15 is 0 Å². The summed E-state index contributed by atoms with van der Waals surface area (Å²) in [6.07, 6.45) is 0. The van der Waals surface area contributed by atoms with Crippen molar-refractivity contribution in [2.75, 3.05) is 26.2 Å². The molecule has 1 aromatic rings. The molecule has 0 radical (unpaired) electrons. The third kappa shape index (κ3) is 4.84. The third-order valence-electron chi connectivity index (χ3n) is 2.73. The third-order valence-corrected chi connectivity index (χ3v) is 3.17. The van der Waals surface area contributed by atoms with Gasteiger partial charge >= 0.3 is 0 Å². The first kappa shape index (κ1) is 15.3. The number of hydrogen-bond donors (Lipinski definition) is 1. The minimum atomic E-state index is -0.147. The molecule has 0 saturated carbocycles. The van der Waals surface area contributed by atoms with Crippen LogP contribution in [0.2, 0.25) is 10.0 Å². The van der Waals surface area contributed by atoms with Crippen molar-refractivity contribution in [3.8, 4) is 0 Å². The van der Waals surface area contributed by atoms with E-state index in [1.54, 1.807) is 18.2 Å². The SMILES string of the molecule is CCN(CC)CCNC(=O)c1cc(Cl)cc(Cl)c1. The maximum Gasteiger partial charge on any atom is 0.251 e. The predicted octanol–water partition coefficient (Wildman–Crippen LogP) is 3.07. The number of halogens is 2. The summed E-state index contributed by atoms with van der Waals surface area (Å²) in [6, 6.07) is 4.83. The first-order chi connectivity index (χ1) is 8.56. The van der Waals surface area contributed by atoms with E-state index in [-0.39, 0.29) is 5.91 Å². The highest BCUT2D eigenvalue weighted by atomic mass is 35.5. The van der Waals surface area contributed by atoms with Crippen LogP contribution in [-0.4, -0.2) is 37.0 Å². The Balaban J connectivity index is 2.50. The van der Waals surface area contributed by atoms with E-state index in [0.717, 1.165) is 19.6 Å². The molecule has 1 amide bonds. The van der Waals surface area contributed by atoms with Crippen LogP contribution in [-0.2, 0) is 0 Å². The molecule has 0 aliphatic heterocycles. The number of benzene rings is 1. The van der Waals surface area contributed by atoms with Crippen LogP contribution >= 0.6 is 23.2 Å². The summed E-state index contributed by atoms with van der Waals surface area (Å²) in [7, 11) is 0. The molecule has 0 spiro atoms. The Bertz CT molecular complexity index is 386. The van der Waals surface area contributed by atoms with Crippen molar-refractivity contribution in [3.05, 3.63) is 33.8 Å². The van der Waals surface area contributed by atoms with E-state index in [1.807, 2.05) is 0 Å². The summed E-state index contributed by atoms with van der Waals surface area (Å²) in [6.45, 7) is 7.62. The maximum atomic E-state index is 11.9. The number of carbonyl (C=O) groups is 1. The quantitative estimate of drug-likeness (QED) is 0.873. The van der Waals surface area contributed by atoms with E-state index in [2.05, 4.69) is 24.1 Å². The summed E-state index contributed by atoms with van der Waals surface area (Å²) in [5, 5.41) is 3.79. The second-order valence-corrected chi connectivity index (χ2v) is 4.81. The van der Waals surface area contributed by atoms with Gasteiger partial charge in [-0.3, -0.25) is 4.79 Å². The van der Waals surface area contributed by atoms with Gasteiger partial charge in [0.2, 0.25) is 0 Å². The van der Waals surface area contributed by atoms with E-state index in [0.29, 0.717) is 22.2 Å². The molecule has 0 atom stereocenters. The molecule has 100 valence electrons. The molecule has 0 unspecified atom stereocenters.